The molecule has 0 bridgehead atoms. The number of carbonyl (C=O) groups excluding carboxylic acids is 1. The zero-order valence-corrected chi connectivity index (χ0v) is 19.0. The number of benzene rings is 2. The number of amides is 1. The molecule has 1 saturated heterocycles. The first kappa shape index (κ1) is 21.2. The second-order valence-electron chi connectivity index (χ2n) is 8.57. The average molecular weight is 445 g/mol. The van der Waals surface area contributed by atoms with Crippen LogP contribution in [0, 0.1) is 6.92 Å². The highest BCUT2D eigenvalue weighted by atomic mass is 16.5. The van der Waals surface area contributed by atoms with Crippen molar-refractivity contribution in [2.24, 2.45) is 0 Å². The molecule has 1 fully saturated rings. The Morgan fingerprint density at radius 2 is 2.00 bits per heavy atom. The molecule has 0 aliphatic carbocycles. The van der Waals surface area contributed by atoms with Gasteiger partial charge in [0.1, 0.15) is 23.9 Å². The number of nitrogens with zero attached hydrogens (tertiary/aromatic N) is 4. The van der Waals surface area contributed by atoms with Crippen molar-refractivity contribution in [2.75, 3.05) is 20.2 Å². The largest absolute Gasteiger partial charge is 0.496 e. The minimum Gasteiger partial charge on any atom is -0.496 e. The summed E-state index contributed by atoms with van der Waals surface area (Å²) in [6.45, 7) is 3.63. The summed E-state index contributed by atoms with van der Waals surface area (Å²) in [5.74, 6) is 3.42. The lowest BCUT2D eigenvalue weighted by Crippen LogP contribution is -2.41. The van der Waals surface area contributed by atoms with Gasteiger partial charge in [0.05, 0.1) is 30.3 Å². The number of hydrogen-bond acceptors (Lipinski definition) is 5. The Hall–Kier alpha value is -3.61. The molecular weight excluding hydrogens is 416 g/mol. The molecule has 2 aromatic carbocycles. The number of aromatic nitrogens is 3. The van der Waals surface area contributed by atoms with Gasteiger partial charge in [0.25, 0.3) is 0 Å². The van der Waals surface area contributed by atoms with Gasteiger partial charge in [-0.15, -0.1) is 0 Å². The maximum Gasteiger partial charge on any atom is 0.242 e. The van der Waals surface area contributed by atoms with Crippen LogP contribution in [-0.4, -0.2) is 45.5 Å². The summed E-state index contributed by atoms with van der Waals surface area (Å²) in [4.78, 5) is 24.2. The fourth-order valence-corrected chi connectivity index (χ4v) is 4.67. The van der Waals surface area contributed by atoms with Crippen LogP contribution in [0.2, 0.25) is 0 Å². The van der Waals surface area contributed by atoms with Crippen LogP contribution >= 0.6 is 0 Å². The second-order valence-corrected chi connectivity index (χ2v) is 8.57. The quantitative estimate of drug-likeness (QED) is 0.442. The predicted octanol–water partition coefficient (Wildman–Crippen LogP) is 4.34. The molecule has 5 rings (SSSR count). The lowest BCUT2D eigenvalue weighted by Gasteiger charge is -2.31. The Morgan fingerprint density at radius 1 is 1.18 bits per heavy atom. The van der Waals surface area contributed by atoms with Gasteiger partial charge in [0.15, 0.2) is 5.89 Å². The van der Waals surface area contributed by atoms with E-state index in [0.717, 1.165) is 53.3 Å². The zero-order chi connectivity index (χ0) is 22.8. The summed E-state index contributed by atoms with van der Waals surface area (Å²) in [6, 6.07) is 15.9. The van der Waals surface area contributed by atoms with E-state index in [2.05, 4.69) is 9.97 Å². The van der Waals surface area contributed by atoms with E-state index in [0.29, 0.717) is 25.4 Å². The van der Waals surface area contributed by atoms with Crippen LogP contribution in [0.3, 0.4) is 0 Å². The summed E-state index contributed by atoms with van der Waals surface area (Å²) in [6.07, 6.45) is 4.32. The van der Waals surface area contributed by atoms with Crippen LogP contribution in [0.25, 0.3) is 11.0 Å². The van der Waals surface area contributed by atoms with Crippen LogP contribution in [0.4, 0.5) is 0 Å². The van der Waals surface area contributed by atoms with Gasteiger partial charge in [-0.05, 0) is 38.0 Å². The lowest BCUT2D eigenvalue weighted by molar-refractivity contribution is -0.133. The molecule has 170 valence electrons. The monoisotopic (exact) mass is 444 g/mol. The van der Waals surface area contributed by atoms with Crippen LogP contribution in [-0.2, 0) is 17.8 Å². The van der Waals surface area contributed by atoms with Crippen molar-refractivity contribution in [1.82, 2.24) is 19.4 Å². The fraction of sp³-hybridized carbons (Fsp3) is 0.346. The molecule has 7 nitrogen and oxygen atoms in total. The van der Waals surface area contributed by atoms with Crippen molar-refractivity contribution in [3.05, 3.63) is 77.8 Å². The molecule has 0 spiro atoms. The predicted molar refractivity (Wildman–Crippen MR) is 125 cm³/mol. The van der Waals surface area contributed by atoms with Crippen molar-refractivity contribution in [1.29, 1.82) is 0 Å². The number of para-hydroxylation sites is 3. The van der Waals surface area contributed by atoms with Crippen molar-refractivity contribution >= 4 is 16.9 Å². The third kappa shape index (κ3) is 4.35. The molecule has 0 saturated carbocycles. The van der Waals surface area contributed by atoms with E-state index < -0.39 is 0 Å². The average Bonchev–Trinajstić information content (AvgIpc) is 3.44. The zero-order valence-electron chi connectivity index (χ0n) is 19.0. The molecule has 4 aromatic rings. The minimum absolute atomic E-state index is 0.103. The molecule has 0 unspecified atom stereocenters. The van der Waals surface area contributed by atoms with Crippen LogP contribution < -0.4 is 4.74 Å². The van der Waals surface area contributed by atoms with Crippen LogP contribution in [0.1, 0.15) is 41.8 Å². The van der Waals surface area contributed by atoms with E-state index in [1.165, 1.54) is 0 Å². The SMILES string of the molecule is COc1ccccc1Cc1cnc([C@H]2CCCN(C(=O)Cn3c(C)nc4ccccc43)C2)o1. The number of fused-ring (bicyclic) bond motifs is 1. The number of oxazole rings is 1. The minimum atomic E-state index is 0.103. The Morgan fingerprint density at radius 3 is 2.88 bits per heavy atom. The topological polar surface area (TPSA) is 73.4 Å². The Bertz CT molecular complexity index is 1280. The summed E-state index contributed by atoms with van der Waals surface area (Å²) in [7, 11) is 1.67. The van der Waals surface area contributed by atoms with Crippen molar-refractivity contribution in [3.63, 3.8) is 0 Å². The maximum atomic E-state index is 13.2. The number of rotatable bonds is 6. The van der Waals surface area contributed by atoms with Gasteiger partial charge in [0, 0.05) is 25.1 Å². The van der Waals surface area contributed by atoms with E-state index in [9.17, 15) is 4.79 Å². The first-order valence-corrected chi connectivity index (χ1v) is 11.4. The number of ether oxygens (including phenoxy) is 1. The number of likely N-dealkylation sites (tertiary alicyclic amines) is 1. The van der Waals surface area contributed by atoms with Gasteiger partial charge >= 0.3 is 0 Å². The third-order valence-electron chi connectivity index (χ3n) is 6.39. The Balaban J connectivity index is 1.27. The second kappa shape index (κ2) is 9.10. The summed E-state index contributed by atoms with van der Waals surface area (Å²) in [5.41, 5.74) is 2.97. The molecule has 7 heteroatoms. The molecule has 1 aliphatic rings. The van der Waals surface area contributed by atoms with Crippen LogP contribution in [0.5, 0.6) is 5.75 Å². The van der Waals surface area contributed by atoms with E-state index in [4.69, 9.17) is 9.15 Å². The summed E-state index contributed by atoms with van der Waals surface area (Å²) < 4.78 is 13.6. The van der Waals surface area contributed by atoms with E-state index >= 15 is 0 Å². The Labute approximate surface area is 193 Å². The van der Waals surface area contributed by atoms with Gasteiger partial charge in [-0.3, -0.25) is 4.79 Å². The highest BCUT2D eigenvalue weighted by Crippen LogP contribution is 2.29. The van der Waals surface area contributed by atoms with Crippen molar-refractivity contribution in [2.45, 2.75) is 38.6 Å². The molecular formula is C26H28N4O3. The number of aryl methyl sites for hydroxylation is 1. The van der Waals surface area contributed by atoms with E-state index in [1.807, 2.05) is 64.9 Å². The maximum absolute atomic E-state index is 13.2. The molecule has 0 radical (unpaired) electrons. The van der Waals surface area contributed by atoms with E-state index in [1.54, 1.807) is 13.3 Å². The van der Waals surface area contributed by atoms with Gasteiger partial charge in [-0.2, -0.15) is 0 Å². The lowest BCUT2D eigenvalue weighted by atomic mass is 9.98. The molecule has 3 heterocycles. The normalized spacial score (nSPS) is 16.3. The summed E-state index contributed by atoms with van der Waals surface area (Å²) in [5, 5.41) is 0. The molecule has 1 atom stereocenters. The van der Waals surface area contributed by atoms with Gasteiger partial charge in [0.2, 0.25) is 5.91 Å². The third-order valence-corrected chi connectivity index (χ3v) is 6.39. The standard InChI is InChI=1S/C26H28N4O3/c1-18-28-22-10-4-5-11-23(22)30(18)17-25(31)29-13-7-9-20(16-29)26-27-15-21(33-26)14-19-8-3-6-12-24(19)32-2/h3-6,8,10-12,15,20H,7,9,13-14,16-17H2,1-2H3/t20-/m0/s1. The van der Waals surface area contributed by atoms with Gasteiger partial charge < -0.3 is 18.6 Å². The van der Waals surface area contributed by atoms with Crippen LogP contribution in [0.15, 0.2) is 59.1 Å². The highest BCUT2D eigenvalue weighted by molar-refractivity contribution is 5.81. The molecule has 2 aromatic heterocycles. The number of methoxy groups -OCH3 is 1. The molecule has 1 amide bonds. The van der Waals surface area contributed by atoms with Crippen molar-refractivity contribution < 1.29 is 13.9 Å². The van der Waals surface area contributed by atoms with Gasteiger partial charge in [-0.1, -0.05) is 30.3 Å². The first-order chi connectivity index (χ1) is 16.1. The number of imidazole rings is 1. The number of hydrogen-bond donors (Lipinski definition) is 0. The molecule has 0 N–H and O–H groups in total. The molecule has 1 aliphatic heterocycles. The molecule has 33 heavy (non-hydrogen) atoms. The fourth-order valence-electron chi connectivity index (χ4n) is 4.67. The van der Waals surface area contributed by atoms with Crippen molar-refractivity contribution in [3.8, 4) is 5.75 Å². The number of carbonyl (C=O) groups is 1. The van der Waals surface area contributed by atoms with Gasteiger partial charge in [-0.25, -0.2) is 9.97 Å². The first-order valence-electron chi connectivity index (χ1n) is 11.4. The smallest absolute Gasteiger partial charge is 0.242 e. The summed E-state index contributed by atoms with van der Waals surface area (Å²) >= 11 is 0. The Kier molecular flexibility index (Phi) is 5.86. The number of piperidine rings is 1. The van der Waals surface area contributed by atoms with E-state index in [-0.39, 0.29) is 11.8 Å². The highest BCUT2D eigenvalue weighted by Gasteiger charge is 2.28.